The zero-order chi connectivity index (χ0) is 28.5. The molecule has 1 saturated carbocycles. The van der Waals surface area contributed by atoms with Crippen LogP contribution in [0, 0.1) is 5.92 Å². The van der Waals surface area contributed by atoms with Gasteiger partial charge < -0.3 is 31.6 Å². The third kappa shape index (κ3) is 7.18. The molecule has 2 aromatic rings. The van der Waals surface area contributed by atoms with Crippen molar-refractivity contribution < 1.29 is 24.3 Å². The lowest BCUT2D eigenvalue weighted by Crippen LogP contribution is -2.63. The molecule has 214 valence electrons. The molecule has 4 rings (SSSR count). The van der Waals surface area contributed by atoms with Gasteiger partial charge in [-0.2, -0.15) is 0 Å². The molecule has 0 aliphatic heterocycles. The zero-order valence-electron chi connectivity index (χ0n) is 22.9. The Kier molecular flexibility index (Phi) is 9.76. The maximum atomic E-state index is 13.9. The quantitative estimate of drug-likeness (QED) is 0.0718. The van der Waals surface area contributed by atoms with E-state index in [2.05, 4.69) is 21.1 Å². The average Bonchev–Trinajstić information content (AvgIpc) is 3.35. The molecule has 40 heavy (non-hydrogen) atoms. The SMILES string of the molecule is CC(=O)OCCN[C@@H](C(=O)NC1(C(=O)NCc2ccc(C(N)=NO)cc2)Cc2ccccc2C1)C1CCCCC1. The summed E-state index contributed by atoms with van der Waals surface area (Å²) in [6, 6.07) is 14.4. The molecule has 10 nitrogen and oxygen atoms in total. The number of nitrogens with one attached hydrogen (secondary N) is 3. The van der Waals surface area contributed by atoms with Crippen LogP contribution in [0.4, 0.5) is 0 Å². The largest absolute Gasteiger partial charge is 0.465 e. The van der Waals surface area contributed by atoms with Crippen LogP contribution in [0.2, 0.25) is 0 Å². The number of fused-ring (bicyclic) bond motifs is 1. The van der Waals surface area contributed by atoms with E-state index in [-0.39, 0.29) is 42.7 Å². The summed E-state index contributed by atoms with van der Waals surface area (Å²) in [6.07, 6.45) is 5.93. The van der Waals surface area contributed by atoms with Crippen LogP contribution in [0.3, 0.4) is 0 Å². The van der Waals surface area contributed by atoms with Crippen LogP contribution in [-0.2, 0) is 38.5 Å². The molecule has 0 aromatic heterocycles. The van der Waals surface area contributed by atoms with Gasteiger partial charge in [0, 0.05) is 38.4 Å². The van der Waals surface area contributed by atoms with Gasteiger partial charge in [-0.15, -0.1) is 0 Å². The normalized spacial score (nSPS) is 17.5. The van der Waals surface area contributed by atoms with Crippen LogP contribution in [-0.4, -0.2) is 53.6 Å². The van der Waals surface area contributed by atoms with Gasteiger partial charge in [0.25, 0.3) is 0 Å². The highest BCUT2D eigenvalue weighted by molar-refractivity contribution is 5.97. The average molecular weight is 550 g/mol. The Bertz CT molecular complexity index is 1200. The topological polar surface area (TPSA) is 155 Å². The minimum atomic E-state index is -1.13. The van der Waals surface area contributed by atoms with Crippen molar-refractivity contribution in [2.75, 3.05) is 13.2 Å². The minimum Gasteiger partial charge on any atom is -0.465 e. The summed E-state index contributed by atoms with van der Waals surface area (Å²) >= 11 is 0. The maximum absolute atomic E-state index is 13.9. The van der Waals surface area contributed by atoms with E-state index in [1.54, 1.807) is 24.3 Å². The van der Waals surface area contributed by atoms with Gasteiger partial charge in [0.05, 0.1) is 6.04 Å². The molecule has 0 saturated heterocycles. The van der Waals surface area contributed by atoms with Gasteiger partial charge in [-0.1, -0.05) is 72.9 Å². The van der Waals surface area contributed by atoms with Crippen molar-refractivity contribution in [1.29, 1.82) is 0 Å². The van der Waals surface area contributed by atoms with E-state index < -0.39 is 11.6 Å². The predicted molar refractivity (Wildman–Crippen MR) is 151 cm³/mol. The van der Waals surface area contributed by atoms with Gasteiger partial charge in [0.2, 0.25) is 11.8 Å². The second-order valence-corrected chi connectivity index (χ2v) is 10.7. The van der Waals surface area contributed by atoms with Gasteiger partial charge in [-0.05, 0) is 35.4 Å². The van der Waals surface area contributed by atoms with Gasteiger partial charge in [-0.25, -0.2) is 0 Å². The van der Waals surface area contributed by atoms with E-state index >= 15 is 0 Å². The summed E-state index contributed by atoms with van der Waals surface area (Å²) < 4.78 is 5.07. The number of amidine groups is 1. The lowest BCUT2D eigenvalue weighted by Gasteiger charge is -2.35. The van der Waals surface area contributed by atoms with E-state index in [1.807, 2.05) is 24.3 Å². The molecule has 0 bridgehead atoms. The number of hydrogen-bond acceptors (Lipinski definition) is 7. The van der Waals surface area contributed by atoms with Crippen LogP contribution >= 0.6 is 0 Å². The highest BCUT2D eigenvalue weighted by Gasteiger charge is 2.46. The molecule has 1 atom stereocenters. The molecule has 10 heteroatoms. The molecular weight excluding hydrogens is 510 g/mol. The Labute approximate surface area is 234 Å². The van der Waals surface area contributed by atoms with Gasteiger partial charge >= 0.3 is 5.97 Å². The fraction of sp³-hybridized carbons (Fsp3) is 0.467. The summed E-state index contributed by atoms with van der Waals surface area (Å²) in [7, 11) is 0. The van der Waals surface area contributed by atoms with Crippen LogP contribution in [0.1, 0.15) is 61.3 Å². The first-order valence-electron chi connectivity index (χ1n) is 13.9. The summed E-state index contributed by atoms with van der Waals surface area (Å²) in [4.78, 5) is 38.9. The van der Waals surface area contributed by atoms with E-state index in [0.717, 1.165) is 48.8 Å². The lowest BCUT2D eigenvalue weighted by atomic mass is 9.82. The molecule has 0 spiro atoms. The number of oxime groups is 1. The highest BCUT2D eigenvalue weighted by atomic mass is 16.5. The molecule has 6 N–H and O–H groups in total. The number of carbonyl (C=O) groups excluding carboxylic acids is 3. The van der Waals surface area contributed by atoms with Crippen LogP contribution in [0.15, 0.2) is 53.7 Å². The number of rotatable bonds is 11. The molecule has 2 aromatic carbocycles. The van der Waals surface area contributed by atoms with Crippen molar-refractivity contribution in [3.63, 3.8) is 0 Å². The van der Waals surface area contributed by atoms with Crippen molar-refractivity contribution >= 4 is 23.6 Å². The maximum Gasteiger partial charge on any atom is 0.302 e. The Balaban J connectivity index is 1.50. The third-order valence-electron chi connectivity index (χ3n) is 7.89. The van der Waals surface area contributed by atoms with E-state index in [9.17, 15) is 14.4 Å². The molecule has 0 radical (unpaired) electrons. The Morgan fingerprint density at radius 3 is 2.30 bits per heavy atom. The first kappa shape index (κ1) is 29.1. The zero-order valence-corrected chi connectivity index (χ0v) is 22.9. The minimum absolute atomic E-state index is 0.00922. The number of carbonyl (C=O) groups is 3. The third-order valence-corrected chi connectivity index (χ3v) is 7.89. The van der Waals surface area contributed by atoms with Gasteiger partial charge in [0.15, 0.2) is 5.84 Å². The first-order chi connectivity index (χ1) is 19.3. The summed E-state index contributed by atoms with van der Waals surface area (Å²) in [5.41, 5.74) is 8.01. The van der Waals surface area contributed by atoms with E-state index in [0.29, 0.717) is 24.9 Å². The summed E-state index contributed by atoms with van der Waals surface area (Å²) in [5, 5.41) is 21.4. The fourth-order valence-electron chi connectivity index (χ4n) is 5.79. The Morgan fingerprint density at radius 1 is 1.05 bits per heavy atom. The smallest absolute Gasteiger partial charge is 0.302 e. The lowest BCUT2D eigenvalue weighted by molar-refractivity contribution is -0.141. The number of hydrogen-bond donors (Lipinski definition) is 5. The van der Waals surface area contributed by atoms with Crippen molar-refractivity contribution in [3.05, 3.63) is 70.8 Å². The van der Waals surface area contributed by atoms with Crippen molar-refractivity contribution in [1.82, 2.24) is 16.0 Å². The van der Waals surface area contributed by atoms with E-state index in [4.69, 9.17) is 15.7 Å². The number of nitrogens with zero attached hydrogens (tertiary/aromatic N) is 1. The van der Waals surface area contributed by atoms with E-state index in [1.165, 1.54) is 6.92 Å². The molecule has 1 fully saturated rings. The van der Waals surface area contributed by atoms with Crippen LogP contribution in [0.25, 0.3) is 0 Å². The van der Waals surface area contributed by atoms with Crippen molar-refractivity contribution in [2.24, 2.45) is 16.8 Å². The number of benzene rings is 2. The van der Waals surface area contributed by atoms with Crippen molar-refractivity contribution in [2.45, 2.75) is 70.0 Å². The van der Waals surface area contributed by atoms with Gasteiger partial charge in [0.1, 0.15) is 12.1 Å². The second-order valence-electron chi connectivity index (χ2n) is 10.7. The number of nitrogens with two attached hydrogens (primary N) is 1. The summed E-state index contributed by atoms with van der Waals surface area (Å²) in [6.45, 7) is 2.15. The standard InChI is InChI=1S/C30H39N5O5/c1-20(36)40-16-15-32-26(22-7-3-2-4-8-22)28(37)34-30(17-24-9-5-6-10-25(24)18-30)29(38)33-19-21-11-13-23(14-12-21)27(31)35-39/h5-6,9-14,22,26,32,39H,2-4,7-8,15-19H2,1H3,(H2,31,35)(H,33,38)(H,34,37)/t26-/m1/s1. The summed E-state index contributed by atoms with van der Waals surface area (Å²) in [5.74, 6) is -0.668. The second kappa shape index (κ2) is 13.4. The Hall–Kier alpha value is -3.92. The number of ether oxygens (including phenoxy) is 1. The molecule has 0 unspecified atom stereocenters. The van der Waals surface area contributed by atoms with Crippen LogP contribution < -0.4 is 21.7 Å². The predicted octanol–water partition coefficient (Wildman–Crippen LogP) is 2.15. The first-order valence-corrected chi connectivity index (χ1v) is 13.9. The monoisotopic (exact) mass is 549 g/mol. The molecule has 0 heterocycles. The van der Waals surface area contributed by atoms with Crippen LogP contribution in [0.5, 0.6) is 0 Å². The Morgan fingerprint density at radius 2 is 1.70 bits per heavy atom. The molecular formula is C30H39N5O5. The molecule has 2 amide bonds. The van der Waals surface area contributed by atoms with Crippen molar-refractivity contribution in [3.8, 4) is 0 Å². The molecule has 2 aliphatic rings. The van der Waals surface area contributed by atoms with Gasteiger partial charge in [-0.3, -0.25) is 14.4 Å². The number of esters is 1. The molecule has 2 aliphatic carbocycles. The highest BCUT2D eigenvalue weighted by Crippen LogP contribution is 2.32. The fourth-order valence-corrected chi connectivity index (χ4v) is 5.79. The number of amides is 2.